The number of nitrogens with zero attached hydrogens (tertiary/aromatic N) is 3. The van der Waals surface area contributed by atoms with Crippen molar-refractivity contribution in [1.29, 1.82) is 0 Å². The van der Waals surface area contributed by atoms with E-state index in [0.717, 1.165) is 5.56 Å². The summed E-state index contributed by atoms with van der Waals surface area (Å²) < 4.78 is 25.1. The van der Waals surface area contributed by atoms with E-state index >= 15 is 0 Å². The molecule has 2 aromatic heterocycles. The minimum atomic E-state index is -2.61. The molecule has 78 valence electrons. The molecule has 5 heteroatoms. The fourth-order valence-electron chi connectivity index (χ4n) is 1.20. The zero-order valence-electron chi connectivity index (χ0n) is 8.06. The Bertz CT molecular complexity index is 448. The number of pyridine rings is 1. The molecule has 0 unspecified atom stereocenters. The predicted molar refractivity (Wildman–Crippen MR) is 51.4 cm³/mol. The van der Waals surface area contributed by atoms with Crippen LogP contribution in [0, 0.1) is 6.92 Å². The van der Waals surface area contributed by atoms with Crippen molar-refractivity contribution in [2.24, 2.45) is 0 Å². The van der Waals surface area contributed by atoms with Gasteiger partial charge in [-0.2, -0.15) is 13.9 Å². The second kappa shape index (κ2) is 3.76. The molecule has 0 aromatic carbocycles. The normalized spacial score (nSPS) is 10.9. The van der Waals surface area contributed by atoms with Gasteiger partial charge >= 0.3 is 6.55 Å². The van der Waals surface area contributed by atoms with Gasteiger partial charge < -0.3 is 0 Å². The van der Waals surface area contributed by atoms with Crippen molar-refractivity contribution in [3.8, 4) is 11.4 Å². The van der Waals surface area contributed by atoms with Crippen LogP contribution in [0.5, 0.6) is 0 Å². The molecule has 3 nitrogen and oxygen atoms in total. The second-order valence-corrected chi connectivity index (χ2v) is 3.18. The standard InChI is InChI=1S/C10H9F2N3/c1-7-2-3-8(13-6-7)9-4-5-15(14-9)10(11)12/h2-6,10H,1H3. The summed E-state index contributed by atoms with van der Waals surface area (Å²) in [6.07, 6.45) is 2.91. The highest BCUT2D eigenvalue weighted by atomic mass is 19.3. The zero-order chi connectivity index (χ0) is 10.8. The highest BCUT2D eigenvalue weighted by Gasteiger charge is 2.09. The van der Waals surface area contributed by atoms with Crippen LogP contribution in [-0.2, 0) is 0 Å². The van der Waals surface area contributed by atoms with Crippen LogP contribution < -0.4 is 0 Å². The van der Waals surface area contributed by atoms with Gasteiger partial charge in [0.15, 0.2) is 0 Å². The first kappa shape index (κ1) is 9.76. The first-order valence-corrected chi connectivity index (χ1v) is 4.43. The zero-order valence-corrected chi connectivity index (χ0v) is 8.06. The SMILES string of the molecule is Cc1ccc(-c2ccn(C(F)F)n2)nc1. The summed E-state index contributed by atoms with van der Waals surface area (Å²) in [5.41, 5.74) is 2.07. The summed E-state index contributed by atoms with van der Waals surface area (Å²) >= 11 is 0. The Labute approximate surface area is 85.4 Å². The van der Waals surface area contributed by atoms with Crippen LogP contribution in [0.25, 0.3) is 11.4 Å². The van der Waals surface area contributed by atoms with E-state index < -0.39 is 6.55 Å². The summed E-state index contributed by atoms with van der Waals surface area (Å²) in [4.78, 5) is 4.10. The van der Waals surface area contributed by atoms with Crippen LogP contribution in [-0.4, -0.2) is 14.8 Å². The lowest BCUT2D eigenvalue weighted by molar-refractivity contribution is 0.0568. The average Bonchev–Trinajstić information content (AvgIpc) is 2.68. The molecule has 0 spiro atoms. The molecular weight excluding hydrogens is 200 g/mol. The molecule has 0 bridgehead atoms. The van der Waals surface area contributed by atoms with Crippen LogP contribution in [0.1, 0.15) is 12.1 Å². The summed E-state index contributed by atoms with van der Waals surface area (Å²) in [5, 5.41) is 3.71. The van der Waals surface area contributed by atoms with Gasteiger partial charge in [-0.1, -0.05) is 6.07 Å². The van der Waals surface area contributed by atoms with E-state index in [2.05, 4.69) is 10.1 Å². The van der Waals surface area contributed by atoms with Crippen molar-refractivity contribution >= 4 is 0 Å². The van der Waals surface area contributed by atoms with Crippen molar-refractivity contribution in [2.45, 2.75) is 13.5 Å². The van der Waals surface area contributed by atoms with Gasteiger partial charge in [-0.25, -0.2) is 4.68 Å². The fourth-order valence-corrected chi connectivity index (χ4v) is 1.20. The van der Waals surface area contributed by atoms with E-state index in [1.165, 1.54) is 12.3 Å². The second-order valence-electron chi connectivity index (χ2n) is 3.18. The Kier molecular flexibility index (Phi) is 2.45. The van der Waals surface area contributed by atoms with Crippen LogP contribution in [0.15, 0.2) is 30.6 Å². The van der Waals surface area contributed by atoms with Gasteiger partial charge in [0.2, 0.25) is 0 Å². The largest absolute Gasteiger partial charge is 0.333 e. The van der Waals surface area contributed by atoms with E-state index in [-0.39, 0.29) is 0 Å². The third-order valence-electron chi connectivity index (χ3n) is 1.98. The third-order valence-corrected chi connectivity index (χ3v) is 1.98. The summed E-state index contributed by atoms with van der Waals surface area (Å²) in [6.45, 7) is -0.696. The van der Waals surface area contributed by atoms with E-state index in [9.17, 15) is 8.78 Å². The molecule has 0 saturated heterocycles. The number of aromatic nitrogens is 3. The Morgan fingerprint density at radius 1 is 1.20 bits per heavy atom. The first-order chi connectivity index (χ1) is 7.16. The van der Waals surface area contributed by atoms with Crippen LogP contribution in [0.2, 0.25) is 0 Å². The van der Waals surface area contributed by atoms with E-state index in [1.807, 2.05) is 13.0 Å². The summed E-state index contributed by atoms with van der Waals surface area (Å²) in [6, 6.07) is 5.14. The molecular formula is C10H9F2N3. The molecule has 0 saturated carbocycles. The molecule has 0 fully saturated rings. The Morgan fingerprint density at radius 3 is 2.53 bits per heavy atom. The lowest BCUT2D eigenvalue weighted by Gasteiger charge is -1.98. The van der Waals surface area contributed by atoms with Crippen LogP contribution in [0.4, 0.5) is 8.78 Å². The van der Waals surface area contributed by atoms with E-state index in [0.29, 0.717) is 16.1 Å². The highest BCUT2D eigenvalue weighted by molar-refractivity contribution is 5.53. The average molecular weight is 209 g/mol. The van der Waals surface area contributed by atoms with Crippen molar-refractivity contribution in [3.05, 3.63) is 36.2 Å². The van der Waals surface area contributed by atoms with Gasteiger partial charge in [0.05, 0.1) is 5.69 Å². The third kappa shape index (κ3) is 2.01. The quantitative estimate of drug-likeness (QED) is 0.761. The molecule has 0 aliphatic heterocycles. The molecule has 0 aliphatic carbocycles. The van der Waals surface area contributed by atoms with E-state index in [4.69, 9.17) is 0 Å². The maximum atomic E-state index is 12.2. The number of alkyl halides is 2. The Morgan fingerprint density at radius 2 is 2.00 bits per heavy atom. The Balaban J connectivity index is 2.33. The van der Waals surface area contributed by atoms with Crippen LogP contribution in [0.3, 0.4) is 0 Å². The number of aryl methyl sites for hydroxylation is 1. The van der Waals surface area contributed by atoms with Gasteiger partial charge in [0.25, 0.3) is 0 Å². The molecule has 0 amide bonds. The molecule has 2 aromatic rings. The van der Waals surface area contributed by atoms with Gasteiger partial charge in [-0.3, -0.25) is 4.98 Å². The smallest absolute Gasteiger partial charge is 0.254 e. The summed E-state index contributed by atoms with van der Waals surface area (Å²) in [5.74, 6) is 0. The van der Waals surface area contributed by atoms with Gasteiger partial charge in [0.1, 0.15) is 5.69 Å². The minimum Gasteiger partial charge on any atom is -0.254 e. The number of hydrogen-bond donors (Lipinski definition) is 0. The predicted octanol–water partition coefficient (Wildman–Crippen LogP) is 2.65. The minimum absolute atomic E-state index is 0.454. The maximum Gasteiger partial charge on any atom is 0.333 e. The molecule has 15 heavy (non-hydrogen) atoms. The van der Waals surface area contributed by atoms with Crippen molar-refractivity contribution < 1.29 is 8.78 Å². The van der Waals surface area contributed by atoms with Crippen molar-refractivity contribution in [3.63, 3.8) is 0 Å². The molecule has 0 radical (unpaired) electrons. The van der Waals surface area contributed by atoms with Gasteiger partial charge in [-0.15, -0.1) is 0 Å². The van der Waals surface area contributed by atoms with Crippen molar-refractivity contribution in [1.82, 2.24) is 14.8 Å². The lowest BCUT2D eigenvalue weighted by atomic mass is 10.2. The molecule has 2 heterocycles. The molecule has 0 atom stereocenters. The number of hydrogen-bond acceptors (Lipinski definition) is 2. The van der Waals surface area contributed by atoms with Crippen molar-refractivity contribution in [2.75, 3.05) is 0 Å². The Hall–Kier alpha value is -1.78. The summed E-state index contributed by atoms with van der Waals surface area (Å²) in [7, 11) is 0. The van der Waals surface area contributed by atoms with E-state index in [1.54, 1.807) is 12.3 Å². The monoisotopic (exact) mass is 209 g/mol. The first-order valence-electron chi connectivity index (χ1n) is 4.43. The lowest BCUT2D eigenvalue weighted by Crippen LogP contribution is -1.98. The molecule has 0 N–H and O–H groups in total. The number of halogens is 2. The van der Waals surface area contributed by atoms with Crippen LogP contribution >= 0.6 is 0 Å². The molecule has 2 rings (SSSR count). The maximum absolute atomic E-state index is 12.2. The van der Waals surface area contributed by atoms with Gasteiger partial charge in [-0.05, 0) is 24.6 Å². The fraction of sp³-hybridized carbons (Fsp3) is 0.200. The molecule has 0 aliphatic rings. The highest BCUT2D eigenvalue weighted by Crippen LogP contribution is 2.17. The number of rotatable bonds is 2. The topological polar surface area (TPSA) is 30.7 Å². The van der Waals surface area contributed by atoms with Gasteiger partial charge in [0, 0.05) is 12.4 Å².